The lowest BCUT2D eigenvalue weighted by molar-refractivity contribution is 0.283. The van der Waals surface area contributed by atoms with Gasteiger partial charge in [-0.2, -0.15) is 0 Å². The third kappa shape index (κ3) is 3.73. The summed E-state index contributed by atoms with van der Waals surface area (Å²) in [5.74, 6) is 1.16. The van der Waals surface area contributed by atoms with Crippen LogP contribution in [0.5, 0.6) is 0 Å². The van der Waals surface area contributed by atoms with Crippen LogP contribution in [0.15, 0.2) is 0 Å². The molecule has 0 spiro atoms. The summed E-state index contributed by atoms with van der Waals surface area (Å²) >= 11 is 1.70. The highest BCUT2D eigenvalue weighted by atomic mass is 32.1. The first-order chi connectivity index (χ1) is 9.56. The Labute approximate surface area is 127 Å². The number of aliphatic hydroxyl groups is 1. The number of rotatable bonds is 8. The lowest BCUT2D eigenvalue weighted by Gasteiger charge is -2.22. The Kier molecular flexibility index (Phi) is 5.44. The summed E-state index contributed by atoms with van der Waals surface area (Å²) in [4.78, 5) is 8.42. The molecule has 0 amide bonds. The summed E-state index contributed by atoms with van der Waals surface area (Å²) in [6.07, 6.45) is 4.88. The molecule has 1 aliphatic carbocycles. The topological polar surface area (TPSA) is 36.4 Å². The van der Waals surface area contributed by atoms with E-state index in [1.807, 2.05) is 0 Å². The van der Waals surface area contributed by atoms with E-state index in [0.717, 1.165) is 34.6 Å². The smallest absolute Gasteiger partial charge is 0.186 e. The molecule has 114 valence electrons. The number of nitrogens with zero attached hydrogens (tertiary/aromatic N) is 2. The van der Waals surface area contributed by atoms with Crippen LogP contribution >= 0.6 is 11.3 Å². The van der Waals surface area contributed by atoms with Gasteiger partial charge in [0.05, 0.1) is 17.2 Å². The van der Waals surface area contributed by atoms with Crippen LogP contribution in [-0.2, 0) is 6.61 Å². The highest BCUT2D eigenvalue weighted by Crippen LogP contribution is 2.38. The number of thiazole rings is 1. The van der Waals surface area contributed by atoms with Gasteiger partial charge in [0.1, 0.15) is 0 Å². The molecule has 1 aliphatic rings. The Balaban J connectivity index is 2.18. The van der Waals surface area contributed by atoms with Gasteiger partial charge in [-0.05, 0) is 37.5 Å². The van der Waals surface area contributed by atoms with Crippen molar-refractivity contribution < 1.29 is 5.11 Å². The maximum absolute atomic E-state index is 9.58. The first-order valence-corrected chi connectivity index (χ1v) is 8.75. The van der Waals surface area contributed by atoms with Crippen LogP contribution in [0.25, 0.3) is 0 Å². The monoisotopic (exact) mass is 296 g/mol. The predicted octanol–water partition coefficient (Wildman–Crippen LogP) is 4.16. The van der Waals surface area contributed by atoms with Crippen LogP contribution in [0.4, 0.5) is 5.13 Å². The summed E-state index contributed by atoms with van der Waals surface area (Å²) in [5, 5.41) is 10.7. The Bertz CT molecular complexity index is 426. The molecule has 0 aliphatic heterocycles. The minimum Gasteiger partial charge on any atom is -0.391 e. The van der Waals surface area contributed by atoms with E-state index in [0.29, 0.717) is 12.0 Å². The fourth-order valence-corrected chi connectivity index (χ4v) is 3.52. The highest BCUT2D eigenvalue weighted by molar-refractivity contribution is 7.15. The minimum absolute atomic E-state index is 0.125. The Morgan fingerprint density at radius 2 is 2.05 bits per heavy atom. The van der Waals surface area contributed by atoms with Crippen molar-refractivity contribution >= 4 is 16.5 Å². The molecule has 0 aromatic carbocycles. The normalized spacial score (nSPS) is 16.7. The van der Waals surface area contributed by atoms with Gasteiger partial charge in [0.2, 0.25) is 0 Å². The molecular weight excluding hydrogens is 268 g/mol. The molecule has 1 aromatic rings. The fraction of sp³-hybridized carbons (Fsp3) is 0.812. The molecular formula is C16H28N2OS. The van der Waals surface area contributed by atoms with E-state index in [1.54, 1.807) is 11.3 Å². The molecule has 1 atom stereocenters. The molecule has 1 unspecified atom stereocenters. The average Bonchev–Trinajstić information content (AvgIpc) is 3.16. The lowest BCUT2D eigenvalue weighted by Crippen LogP contribution is -2.27. The third-order valence-corrected chi connectivity index (χ3v) is 5.21. The van der Waals surface area contributed by atoms with E-state index in [4.69, 9.17) is 4.98 Å². The second-order valence-corrected chi connectivity index (χ2v) is 7.44. The van der Waals surface area contributed by atoms with Crippen molar-refractivity contribution in [1.82, 2.24) is 4.98 Å². The molecule has 0 radical (unpaired) electrons. The quantitative estimate of drug-likeness (QED) is 0.782. The molecule has 20 heavy (non-hydrogen) atoms. The van der Waals surface area contributed by atoms with Crippen LogP contribution in [0.3, 0.4) is 0 Å². The van der Waals surface area contributed by atoms with Crippen molar-refractivity contribution in [1.29, 1.82) is 0 Å². The second kappa shape index (κ2) is 6.90. The standard InChI is InChI=1S/C16H28N2OS/c1-5-12(4)15-14(10-19)20-16(17-15)18(13-6-7-13)9-8-11(2)3/h11-13,19H,5-10H2,1-4H3. The van der Waals surface area contributed by atoms with Gasteiger partial charge in [0.25, 0.3) is 0 Å². The SMILES string of the molecule is CCC(C)c1nc(N(CCC(C)C)C2CC2)sc1CO. The third-order valence-electron chi connectivity index (χ3n) is 4.12. The van der Waals surface area contributed by atoms with Gasteiger partial charge in [-0.3, -0.25) is 0 Å². The fourth-order valence-electron chi connectivity index (χ4n) is 2.38. The summed E-state index contributed by atoms with van der Waals surface area (Å²) in [7, 11) is 0. The van der Waals surface area contributed by atoms with E-state index in [9.17, 15) is 5.11 Å². The van der Waals surface area contributed by atoms with Crippen molar-refractivity contribution in [2.45, 2.75) is 71.9 Å². The van der Waals surface area contributed by atoms with Gasteiger partial charge >= 0.3 is 0 Å². The van der Waals surface area contributed by atoms with Gasteiger partial charge < -0.3 is 10.0 Å². The van der Waals surface area contributed by atoms with Gasteiger partial charge in [0, 0.05) is 12.6 Å². The first-order valence-electron chi connectivity index (χ1n) is 7.93. The van der Waals surface area contributed by atoms with Crippen LogP contribution in [0.2, 0.25) is 0 Å². The Morgan fingerprint density at radius 3 is 2.55 bits per heavy atom. The van der Waals surface area contributed by atoms with E-state index in [2.05, 4.69) is 32.6 Å². The molecule has 4 heteroatoms. The Hall–Kier alpha value is -0.610. The van der Waals surface area contributed by atoms with Gasteiger partial charge in [-0.1, -0.05) is 39.0 Å². The maximum atomic E-state index is 9.58. The van der Waals surface area contributed by atoms with Gasteiger partial charge in [-0.15, -0.1) is 0 Å². The van der Waals surface area contributed by atoms with Crippen LogP contribution in [0.1, 0.15) is 69.9 Å². The molecule has 1 heterocycles. The van der Waals surface area contributed by atoms with Crippen LogP contribution in [0, 0.1) is 5.92 Å². The highest BCUT2D eigenvalue weighted by Gasteiger charge is 2.31. The summed E-state index contributed by atoms with van der Waals surface area (Å²) in [5.41, 5.74) is 1.12. The van der Waals surface area contributed by atoms with E-state index >= 15 is 0 Å². The van der Waals surface area contributed by atoms with Gasteiger partial charge in [-0.25, -0.2) is 4.98 Å². The molecule has 0 bridgehead atoms. The largest absolute Gasteiger partial charge is 0.391 e. The zero-order chi connectivity index (χ0) is 14.7. The van der Waals surface area contributed by atoms with E-state index in [-0.39, 0.29) is 6.61 Å². The molecule has 1 aromatic heterocycles. The van der Waals surface area contributed by atoms with Crippen molar-refractivity contribution in [3.8, 4) is 0 Å². The summed E-state index contributed by atoms with van der Waals surface area (Å²) < 4.78 is 0. The zero-order valence-corrected chi connectivity index (χ0v) is 14.0. The van der Waals surface area contributed by atoms with Gasteiger partial charge in [0.15, 0.2) is 5.13 Å². The molecule has 3 nitrogen and oxygen atoms in total. The predicted molar refractivity (Wildman–Crippen MR) is 86.6 cm³/mol. The second-order valence-electron chi connectivity index (χ2n) is 6.38. The summed E-state index contributed by atoms with van der Waals surface area (Å²) in [6.45, 7) is 10.2. The number of anilines is 1. The van der Waals surface area contributed by atoms with Crippen molar-refractivity contribution in [3.05, 3.63) is 10.6 Å². The molecule has 0 saturated heterocycles. The molecule has 1 fully saturated rings. The molecule has 1 saturated carbocycles. The summed E-state index contributed by atoms with van der Waals surface area (Å²) in [6, 6.07) is 0.691. The van der Waals surface area contributed by atoms with E-state index < -0.39 is 0 Å². The number of aliphatic hydroxyl groups excluding tert-OH is 1. The van der Waals surface area contributed by atoms with Crippen molar-refractivity contribution in [2.75, 3.05) is 11.4 Å². The van der Waals surface area contributed by atoms with Crippen molar-refractivity contribution in [2.24, 2.45) is 5.92 Å². The Morgan fingerprint density at radius 1 is 1.35 bits per heavy atom. The van der Waals surface area contributed by atoms with Crippen LogP contribution < -0.4 is 4.90 Å². The lowest BCUT2D eigenvalue weighted by atomic mass is 10.0. The van der Waals surface area contributed by atoms with Crippen LogP contribution in [-0.4, -0.2) is 22.7 Å². The number of hydrogen-bond acceptors (Lipinski definition) is 4. The average molecular weight is 296 g/mol. The minimum atomic E-state index is 0.125. The maximum Gasteiger partial charge on any atom is 0.186 e. The van der Waals surface area contributed by atoms with E-state index in [1.165, 1.54) is 19.3 Å². The first kappa shape index (κ1) is 15.8. The molecule has 2 rings (SSSR count). The number of hydrogen-bond donors (Lipinski definition) is 1. The molecule has 1 N–H and O–H groups in total. The van der Waals surface area contributed by atoms with Crippen molar-refractivity contribution in [3.63, 3.8) is 0 Å². The number of aromatic nitrogens is 1. The zero-order valence-electron chi connectivity index (χ0n) is 13.2.